The van der Waals surface area contributed by atoms with E-state index in [-0.39, 0.29) is 0 Å². The molecule has 1 aliphatic rings. The van der Waals surface area contributed by atoms with E-state index in [1.807, 2.05) is 39.0 Å². The van der Waals surface area contributed by atoms with Crippen LogP contribution in [0.15, 0.2) is 42.5 Å². The third kappa shape index (κ3) is 7.31. The van der Waals surface area contributed by atoms with Crippen molar-refractivity contribution in [3.8, 4) is 10.4 Å². The summed E-state index contributed by atoms with van der Waals surface area (Å²) in [6.07, 6.45) is 1.17. The highest BCUT2D eigenvalue weighted by Gasteiger charge is 2.26. The maximum absolute atomic E-state index is 5.48. The monoisotopic (exact) mass is 361 g/mol. The van der Waals surface area contributed by atoms with Gasteiger partial charge in [-0.3, -0.25) is 0 Å². The van der Waals surface area contributed by atoms with Gasteiger partial charge in [-0.05, 0) is 31.0 Å². The fourth-order valence-corrected chi connectivity index (χ4v) is 3.79. The average molecular weight is 362 g/mol. The molecule has 1 aliphatic heterocycles. The van der Waals surface area contributed by atoms with E-state index in [2.05, 4.69) is 54.3 Å². The minimum Gasteiger partial charge on any atom is -0.381 e. The van der Waals surface area contributed by atoms with E-state index >= 15 is 0 Å². The van der Waals surface area contributed by atoms with Crippen LogP contribution in [0, 0.1) is 5.92 Å². The highest BCUT2D eigenvalue weighted by atomic mass is 32.1. The van der Waals surface area contributed by atoms with Gasteiger partial charge in [0.25, 0.3) is 0 Å². The lowest BCUT2D eigenvalue weighted by atomic mass is 10.0. The Morgan fingerprint density at radius 3 is 2.32 bits per heavy atom. The second-order valence-electron chi connectivity index (χ2n) is 5.67. The van der Waals surface area contributed by atoms with Crippen LogP contribution in [0.1, 0.15) is 39.5 Å². The fraction of sp³-hybridized carbons (Fsp3) is 0.545. The molecule has 2 nitrogen and oxygen atoms in total. The molecule has 0 unspecified atom stereocenters. The molecule has 0 spiro atoms. The minimum atomic E-state index is 0.758. The lowest BCUT2D eigenvalue weighted by Gasteiger charge is -2.39. The zero-order valence-corrected chi connectivity index (χ0v) is 17.4. The van der Waals surface area contributed by atoms with Gasteiger partial charge in [-0.15, -0.1) is 11.3 Å². The molecule has 1 aromatic heterocycles. The summed E-state index contributed by atoms with van der Waals surface area (Å²) in [6.45, 7) is 15.4. The van der Waals surface area contributed by atoms with Crippen LogP contribution in [-0.4, -0.2) is 37.7 Å². The van der Waals surface area contributed by atoms with Gasteiger partial charge in [0, 0.05) is 41.9 Å². The first-order chi connectivity index (χ1) is 12.3. The second-order valence-corrected chi connectivity index (χ2v) is 6.84. The van der Waals surface area contributed by atoms with Crippen LogP contribution in [0.3, 0.4) is 0 Å². The molecular weight excluding hydrogens is 326 g/mol. The Bertz CT molecular complexity index is 546. The lowest BCUT2D eigenvalue weighted by Crippen LogP contribution is -2.49. The Morgan fingerprint density at radius 2 is 1.68 bits per heavy atom. The highest BCUT2D eigenvalue weighted by molar-refractivity contribution is 7.15. The standard InChI is InChI=1S/C18H23NOS.2C2H6/c1-2-20-14-15-12-19(13-15)11-10-17-8-9-18(21-17)16-6-4-3-5-7-16;2*1-2/h3-9,15H,2,10-14H2,1H3;2*1-2H3. The molecule has 0 amide bonds. The summed E-state index contributed by atoms with van der Waals surface area (Å²) in [7, 11) is 0. The first kappa shape index (κ1) is 21.9. The van der Waals surface area contributed by atoms with Crippen LogP contribution in [0.4, 0.5) is 0 Å². The van der Waals surface area contributed by atoms with Crippen molar-refractivity contribution in [1.29, 1.82) is 0 Å². The molecule has 140 valence electrons. The third-order valence-electron chi connectivity index (χ3n) is 3.98. The van der Waals surface area contributed by atoms with Crippen LogP contribution in [0.5, 0.6) is 0 Å². The molecule has 3 rings (SSSR count). The summed E-state index contributed by atoms with van der Waals surface area (Å²) in [4.78, 5) is 5.40. The summed E-state index contributed by atoms with van der Waals surface area (Å²) in [5.74, 6) is 0.758. The van der Waals surface area contributed by atoms with Crippen molar-refractivity contribution in [3.05, 3.63) is 47.3 Å². The fourth-order valence-electron chi connectivity index (χ4n) is 2.79. The molecule has 2 aromatic rings. The lowest BCUT2D eigenvalue weighted by molar-refractivity contribution is 0.0197. The summed E-state index contributed by atoms with van der Waals surface area (Å²) < 4.78 is 5.48. The van der Waals surface area contributed by atoms with E-state index < -0.39 is 0 Å². The molecule has 0 aliphatic carbocycles. The molecule has 0 atom stereocenters. The topological polar surface area (TPSA) is 12.5 Å². The van der Waals surface area contributed by atoms with Crippen molar-refractivity contribution in [2.45, 2.75) is 41.0 Å². The van der Waals surface area contributed by atoms with Crippen molar-refractivity contribution >= 4 is 11.3 Å². The second kappa shape index (κ2) is 13.1. The van der Waals surface area contributed by atoms with Gasteiger partial charge in [0.15, 0.2) is 0 Å². The summed E-state index contributed by atoms with van der Waals surface area (Å²) >= 11 is 1.93. The molecule has 3 heteroatoms. The first-order valence-corrected chi connectivity index (χ1v) is 10.6. The normalized spacial score (nSPS) is 14.0. The van der Waals surface area contributed by atoms with Gasteiger partial charge in [-0.1, -0.05) is 58.0 Å². The zero-order valence-electron chi connectivity index (χ0n) is 16.6. The maximum Gasteiger partial charge on any atom is 0.0518 e. The summed E-state index contributed by atoms with van der Waals surface area (Å²) in [5.41, 5.74) is 1.33. The largest absolute Gasteiger partial charge is 0.381 e. The van der Waals surface area contributed by atoms with E-state index in [9.17, 15) is 0 Å². The van der Waals surface area contributed by atoms with Crippen LogP contribution >= 0.6 is 11.3 Å². The SMILES string of the molecule is CC.CC.CCOCC1CN(CCc2ccc(-c3ccccc3)s2)C1. The Kier molecular flexibility index (Phi) is 11.5. The smallest absolute Gasteiger partial charge is 0.0518 e. The van der Waals surface area contributed by atoms with Gasteiger partial charge in [0.1, 0.15) is 0 Å². The maximum atomic E-state index is 5.48. The van der Waals surface area contributed by atoms with Crippen LogP contribution in [0.2, 0.25) is 0 Å². The van der Waals surface area contributed by atoms with Crippen molar-refractivity contribution in [1.82, 2.24) is 4.90 Å². The molecule has 25 heavy (non-hydrogen) atoms. The van der Waals surface area contributed by atoms with Gasteiger partial charge in [0.2, 0.25) is 0 Å². The Balaban J connectivity index is 0.000000730. The number of thiophene rings is 1. The van der Waals surface area contributed by atoms with E-state index in [0.717, 1.165) is 19.1 Å². The highest BCUT2D eigenvalue weighted by Crippen LogP contribution is 2.28. The number of benzene rings is 1. The van der Waals surface area contributed by atoms with Crippen molar-refractivity contribution in [2.75, 3.05) is 32.8 Å². The minimum absolute atomic E-state index is 0.758. The molecule has 1 aromatic carbocycles. The van der Waals surface area contributed by atoms with E-state index in [4.69, 9.17) is 4.74 Å². The predicted octanol–water partition coefficient (Wildman–Crippen LogP) is 5.98. The van der Waals surface area contributed by atoms with Gasteiger partial charge in [0.05, 0.1) is 6.61 Å². The number of hydrogen-bond donors (Lipinski definition) is 0. The van der Waals surface area contributed by atoms with Crippen molar-refractivity contribution in [2.24, 2.45) is 5.92 Å². The van der Waals surface area contributed by atoms with Crippen LogP contribution < -0.4 is 0 Å². The Hall–Kier alpha value is -1.16. The molecule has 0 saturated carbocycles. The van der Waals surface area contributed by atoms with Crippen molar-refractivity contribution in [3.63, 3.8) is 0 Å². The molecule has 0 radical (unpaired) electrons. The predicted molar refractivity (Wildman–Crippen MR) is 113 cm³/mol. The summed E-state index contributed by atoms with van der Waals surface area (Å²) in [5, 5.41) is 0. The zero-order chi connectivity index (χ0) is 18.5. The van der Waals surface area contributed by atoms with Crippen LogP contribution in [-0.2, 0) is 11.2 Å². The van der Waals surface area contributed by atoms with E-state index in [0.29, 0.717) is 0 Å². The number of likely N-dealkylation sites (tertiary alicyclic amines) is 1. The third-order valence-corrected chi connectivity index (χ3v) is 5.18. The number of ether oxygens (including phenoxy) is 1. The average Bonchev–Trinajstić information content (AvgIpc) is 3.13. The molecule has 0 bridgehead atoms. The summed E-state index contributed by atoms with van der Waals surface area (Å²) in [6, 6.07) is 15.2. The number of nitrogens with zero attached hydrogens (tertiary/aromatic N) is 1. The van der Waals surface area contributed by atoms with E-state index in [1.165, 1.54) is 41.4 Å². The van der Waals surface area contributed by atoms with Gasteiger partial charge < -0.3 is 9.64 Å². The van der Waals surface area contributed by atoms with Gasteiger partial charge >= 0.3 is 0 Å². The Morgan fingerprint density at radius 1 is 1.00 bits per heavy atom. The van der Waals surface area contributed by atoms with Gasteiger partial charge in [-0.25, -0.2) is 0 Å². The Labute approximate surface area is 158 Å². The number of rotatable bonds is 7. The van der Waals surface area contributed by atoms with Gasteiger partial charge in [-0.2, -0.15) is 0 Å². The molecule has 1 saturated heterocycles. The van der Waals surface area contributed by atoms with Crippen LogP contribution in [0.25, 0.3) is 10.4 Å². The quantitative estimate of drug-likeness (QED) is 0.601. The molecular formula is C22H35NOS. The van der Waals surface area contributed by atoms with Crippen molar-refractivity contribution < 1.29 is 4.74 Å². The molecule has 0 N–H and O–H groups in total. The van der Waals surface area contributed by atoms with E-state index in [1.54, 1.807) is 0 Å². The molecule has 1 fully saturated rings. The first-order valence-electron chi connectivity index (χ1n) is 9.79. The number of hydrogen-bond acceptors (Lipinski definition) is 3. The molecule has 2 heterocycles.